The van der Waals surface area contributed by atoms with Gasteiger partial charge in [-0.25, -0.2) is 0 Å². The third-order valence-electron chi connectivity index (χ3n) is 3.66. The summed E-state index contributed by atoms with van der Waals surface area (Å²) in [6.45, 7) is 2.14. The van der Waals surface area contributed by atoms with Crippen molar-refractivity contribution in [2.45, 2.75) is 6.04 Å². The Labute approximate surface area is 108 Å². The standard InChI is InChI=1S/C12H14BrN3O/c13-6-1-2-7(12(14)17)10(3-6)16-11-8-4-15-5-9(8)11/h1-3,8-9,11,15-16H,4-5H2,(H2,14,17). The Morgan fingerprint density at radius 2 is 2.12 bits per heavy atom. The van der Waals surface area contributed by atoms with Gasteiger partial charge < -0.3 is 16.4 Å². The zero-order valence-corrected chi connectivity index (χ0v) is 10.8. The number of primary amides is 1. The molecular formula is C12H14BrN3O. The molecule has 2 fully saturated rings. The first-order chi connectivity index (χ1) is 8.16. The van der Waals surface area contributed by atoms with Crippen molar-refractivity contribution in [2.75, 3.05) is 18.4 Å². The van der Waals surface area contributed by atoms with E-state index in [2.05, 4.69) is 26.6 Å². The highest BCUT2D eigenvalue weighted by Crippen LogP contribution is 2.44. The van der Waals surface area contributed by atoms with Gasteiger partial charge in [0.2, 0.25) is 0 Å². The molecular weight excluding hydrogens is 282 g/mol. The summed E-state index contributed by atoms with van der Waals surface area (Å²) in [4.78, 5) is 11.3. The van der Waals surface area contributed by atoms with Gasteiger partial charge in [-0.15, -0.1) is 0 Å². The van der Waals surface area contributed by atoms with Gasteiger partial charge in [0, 0.05) is 29.3 Å². The minimum Gasteiger partial charge on any atom is -0.381 e. The molecule has 90 valence electrons. The Morgan fingerprint density at radius 3 is 2.76 bits per heavy atom. The van der Waals surface area contributed by atoms with Crippen molar-refractivity contribution in [3.05, 3.63) is 28.2 Å². The van der Waals surface area contributed by atoms with Crippen molar-refractivity contribution >= 4 is 27.5 Å². The van der Waals surface area contributed by atoms with Gasteiger partial charge in [-0.3, -0.25) is 4.79 Å². The number of amides is 1. The van der Waals surface area contributed by atoms with Crippen molar-refractivity contribution in [3.63, 3.8) is 0 Å². The zero-order valence-electron chi connectivity index (χ0n) is 9.24. The highest BCUT2D eigenvalue weighted by molar-refractivity contribution is 9.10. The van der Waals surface area contributed by atoms with Crippen LogP contribution in [0.25, 0.3) is 0 Å². The van der Waals surface area contributed by atoms with Crippen molar-refractivity contribution < 1.29 is 4.79 Å². The molecule has 2 aliphatic rings. The quantitative estimate of drug-likeness (QED) is 0.784. The first kappa shape index (κ1) is 11.0. The van der Waals surface area contributed by atoms with Crippen molar-refractivity contribution in [1.29, 1.82) is 0 Å². The smallest absolute Gasteiger partial charge is 0.250 e. The van der Waals surface area contributed by atoms with Gasteiger partial charge in [0.05, 0.1) is 5.56 Å². The summed E-state index contributed by atoms with van der Waals surface area (Å²) in [7, 11) is 0. The van der Waals surface area contributed by atoms with E-state index in [0.29, 0.717) is 23.4 Å². The van der Waals surface area contributed by atoms with E-state index in [9.17, 15) is 4.79 Å². The largest absolute Gasteiger partial charge is 0.381 e. The van der Waals surface area contributed by atoms with Gasteiger partial charge in [0.1, 0.15) is 0 Å². The maximum atomic E-state index is 11.3. The van der Waals surface area contributed by atoms with Crippen LogP contribution in [0.4, 0.5) is 5.69 Å². The van der Waals surface area contributed by atoms with E-state index in [1.54, 1.807) is 6.07 Å². The van der Waals surface area contributed by atoms with Crippen LogP contribution in [0.3, 0.4) is 0 Å². The minimum atomic E-state index is -0.385. The predicted molar refractivity (Wildman–Crippen MR) is 69.9 cm³/mol. The number of rotatable bonds is 3. The fraction of sp³-hybridized carbons (Fsp3) is 0.417. The molecule has 4 nitrogen and oxygen atoms in total. The third-order valence-corrected chi connectivity index (χ3v) is 4.15. The lowest BCUT2D eigenvalue weighted by molar-refractivity contribution is 0.100. The highest BCUT2D eigenvalue weighted by atomic mass is 79.9. The Morgan fingerprint density at radius 1 is 1.41 bits per heavy atom. The van der Waals surface area contributed by atoms with Crippen LogP contribution in [-0.4, -0.2) is 25.0 Å². The topological polar surface area (TPSA) is 67.2 Å². The molecule has 1 heterocycles. The highest BCUT2D eigenvalue weighted by Gasteiger charge is 2.53. The van der Waals surface area contributed by atoms with E-state index in [-0.39, 0.29) is 5.91 Å². The summed E-state index contributed by atoms with van der Waals surface area (Å²) in [5, 5.41) is 6.78. The number of fused-ring (bicyclic) bond motifs is 1. The number of carbonyl (C=O) groups is 1. The molecule has 2 unspecified atom stereocenters. The van der Waals surface area contributed by atoms with Crippen LogP contribution in [-0.2, 0) is 0 Å². The second-order valence-corrected chi connectivity index (χ2v) is 5.63. The number of benzene rings is 1. The summed E-state index contributed by atoms with van der Waals surface area (Å²) in [6.07, 6.45) is 0. The number of hydrogen-bond acceptors (Lipinski definition) is 3. The number of piperidine rings is 1. The molecule has 0 aromatic heterocycles. The van der Waals surface area contributed by atoms with Crippen LogP contribution in [0, 0.1) is 11.8 Å². The average molecular weight is 296 g/mol. The van der Waals surface area contributed by atoms with Gasteiger partial charge in [0.15, 0.2) is 0 Å². The summed E-state index contributed by atoms with van der Waals surface area (Å²) < 4.78 is 0.953. The molecule has 1 aromatic carbocycles. The number of nitrogens with two attached hydrogens (primary N) is 1. The number of carbonyl (C=O) groups excluding carboxylic acids is 1. The second-order valence-electron chi connectivity index (χ2n) is 4.71. The summed E-state index contributed by atoms with van der Waals surface area (Å²) in [5.74, 6) is 1.02. The number of anilines is 1. The van der Waals surface area contributed by atoms with Crippen LogP contribution < -0.4 is 16.4 Å². The van der Waals surface area contributed by atoms with Gasteiger partial charge in [-0.05, 0) is 30.0 Å². The first-order valence-corrected chi connectivity index (χ1v) is 6.53. The number of hydrogen-bond donors (Lipinski definition) is 3. The normalized spacial score (nSPS) is 29.8. The van der Waals surface area contributed by atoms with Crippen LogP contribution in [0.1, 0.15) is 10.4 Å². The molecule has 17 heavy (non-hydrogen) atoms. The second kappa shape index (κ2) is 3.99. The third kappa shape index (κ3) is 1.93. The van der Waals surface area contributed by atoms with E-state index >= 15 is 0 Å². The van der Waals surface area contributed by atoms with Crippen LogP contribution in [0.2, 0.25) is 0 Å². The molecule has 1 aromatic rings. The van der Waals surface area contributed by atoms with Gasteiger partial charge in [-0.1, -0.05) is 15.9 Å². The number of nitrogens with one attached hydrogen (secondary N) is 2. The van der Waals surface area contributed by atoms with Gasteiger partial charge in [0.25, 0.3) is 5.91 Å². The van der Waals surface area contributed by atoms with E-state index in [4.69, 9.17) is 5.73 Å². The molecule has 4 N–H and O–H groups in total. The maximum absolute atomic E-state index is 11.3. The molecule has 1 amide bonds. The molecule has 2 atom stereocenters. The monoisotopic (exact) mass is 295 g/mol. The van der Waals surface area contributed by atoms with Crippen molar-refractivity contribution in [3.8, 4) is 0 Å². The Bertz CT molecular complexity index is 467. The predicted octanol–water partition coefficient (Wildman–Crippen LogP) is 1.18. The van der Waals surface area contributed by atoms with E-state index in [1.165, 1.54) is 0 Å². The molecule has 0 spiro atoms. The SMILES string of the molecule is NC(=O)c1ccc(Br)cc1NC1C2CNCC21. The molecule has 1 aliphatic heterocycles. The fourth-order valence-corrected chi connectivity index (χ4v) is 3.02. The summed E-state index contributed by atoms with van der Waals surface area (Å²) in [6, 6.07) is 6.00. The lowest BCUT2D eigenvalue weighted by atomic mass is 10.1. The average Bonchev–Trinajstić information content (AvgIpc) is 2.74. The summed E-state index contributed by atoms with van der Waals surface area (Å²) in [5.41, 5.74) is 6.77. The van der Waals surface area contributed by atoms with Crippen LogP contribution >= 0.6 is 15.9 Å². The van der Waals surface area contributed by atoms with Gasteiger partial charge in [-0.2, -0.15) is 0 Å². The maximum Gasteiger partial charge on any atom is 0.250 e. The molecule has 1 saturated heterocycles. The van der Waals surface area contributed by atoms with Crippen LogP contribution in [0.15, 0.2) is 22.7 Å². The first-order valence-electron chi connectivity index (χ1n) is 5.73. The minimum absolute atomic E-state index is 0.385. The van der Waals surface area contributed by atoms with Gasteiger partial charge >= 0.3 is 0 Å². The fourth-order valence-electron chi connectivity index (χ4n) is 2.66. The molecule has 0 radical (unpaired) electrons. The van der Waals surface area contributed by atoms with Crippen LogP contribution in [0.5, 0.6) is 0 Å². The van der Waals surface area contributed by atoms with Crippen molar-refractivity contribution in [2.24, 2.45) is 17.6 Å². The van der Waals surface area contributed by atoms with Crippen molar-refractivity contribution in [1.82, 2.24) is 5.32 Å². The molecule has 3 rings (SSSR count). The Kier molecular flexibility index (Phi) is 2.60. The van der Waals surface area contributed by atoms with E-state index in [0.717, 1.165) is 23.2 Å². The molecule has 1 saturated carbocycles. The van der Waals surface area contributed by atoms with E-state index in [1.807, 2.05) is 12.1 Å². The lowest BCUT2D eigenvalue weighted by Crippen LogP contribution is -2.23. The number of halogens is 1. The zero-order chi connectivity index (χ0) is 12.0. The Hall–Kier alpha value is -1.07. The van der Waals surface area contributed by atoms with E-state index < -0.39 is 0 Å². The Balaban J connectivity index is 1.82. The molecule has 5 heteroatoms. The lowest BCUT2D eigenvalue weighted by Gasteiger charge is -2.12. The summed E-state index contributed by atoms with van der Waals surface area (Å²) >= 11 is 3.41. The molecule has 1 aliphatic carbocycles. The molecule has 0 bridgehead atoms.